The molecule has 5 atom stereocenters. The molecular formula is C48H45N. The Kier molecular flexibility index (Phi) is 6.25. The Labute approximate surface area is 291 Å². The van der Waals surface area contributed by atoms with Crippen LogP contribution in [0, 0.1) is 23.7 Å². The van der Waals surface area contributed by atoms with E-state index in [-0.39, 0.29) is 10.8 Å². The maximum atomic E-state index is 2.57. The summed E-state index contributed by atoms with van der Waals surface area (Å²) < 4.78 is 0. The van der Waals surface area contributed by atoms with E-state index in [1.165, 1.54) is 86.9 Å². The Morgan fingerprint density at radius 2 is 1.10 bits per heavy atom. The highest BCUT2D eigenvalue weighted by molar-refractivity contribution is 5.92. The van der Waals surface area contributed by atoms with Gasteiger partial charge < -0.3 is 4.90 Å². The second-order valence-electron chi connectivity index (χ2n) is 16.4. The summed E-state index contributed by atoms with van der Waals surface area (Å²) in [5.41, 5.74) is 15.3. The fraction of sp³-hybridized carbons (Fsp3) is 0.292. The van der Waals surface area contributed by atoms with Crippen molar-refractivity contribution in [1.29, 1.82) is 0 Å². The third-order valence-corrected chi connectivity index (χ3v) is 13.3. The molecule has 1 spiro atoms. The molecule has 0 aliphatic heterocycles. The number of anilines is 3. The van der Waals surface area contributed by atoms with E-state index in [0.717, 1.165) is 11.8 Å². The molecular weight excluding hydrogens is 591 g/mol. The molecule has 0 radical (unpaired) electrons. The summed E-state index contributed by atoms with van der Waals surface area (Å²) in [5, 5.41) is 2.54. The lowest BCUT2D eigenvalue weighted by molar-refractivity contribution is 0.0426. The predicted octanol–water partition coefficient (Wildman–Crippen LogP) is 13.0. The van der Waals surface area contributed by atoms with Gasteiger partial charge in [-0.15, -0.1) is 0 Å². The average molecular weight is 636 g/mol. The van der Waals surface area contributed by atoms with Crippen LogP contribution in [0.3, 0.4) is 0 Å². The molecule has 0 N–H and O–H groups in total. The first-order valence-electron chi connectivity index (χ1n) is 18.6. The van der Waals surface area contributed by atoms with Gasteiger partial charge in [0.05, 0.1) is 0 Å². The van der Waals surface area contributed by atoms with Crippen LogP contribution in [0.15, 0.2) is 127 Å². The van der Waals surface area contributed by atoms with E-state index in [2.05, 4.69) is 160 Å². The summed E-state index contributed by atoms with van der Waals surface area (Å²) in [4.78, 5) is 2.52. The third-order valence-electron chi connectivity index (χ3n) is 13.3. The van der Waals surface area contributed by atoms with Gasteiger partial charge in [-0.25, -0.2) is 0 Å². The van der Waals surface area contributed by atoms with E-state index in [1.54, 1.807) is 11.1 Å². The van der Waals surface area contributed by atoms with Crippen LogP contribution in [0.5, 0.6) is 0 Å². The highest BCUT2D eigenvalue weighted by atomic mass is 15.1. The van der Waals surface area contributed by atoms with Crippen molar-refractivity contribution in [2.24, 2.45) is 23.7 Å². The molecule has 2 bridgehead atoms. The van der Waals surface area contributed by atoms with Gasteiger partial charge in [-0.3, -0.25) is 0 Å². The molecule has 0 saturated heterocycles. The molecule has 0 aromatic heterocycles. The summed E-state index contributed by atoms with van der Waals surface area (Å²) >= 11 is 0. The van der Waals surface area contributed by atoms with Crippen LogP contribution in [0.25, 0.3) is 33.0 Å². The Morgan fingerprint density at radius 1 is 0.490 bits per heavy atom. The third kappa shape index (κ3) is 4.05. The van der Waals surface area contributed by atoms with Gasteiger partial charge in [0.2, 0.25) is 0 Å². The van der Waals surface area contributed by atoms with Gasteiger partial charge in [0.1, 0.15) is 0 Å². The van der Waals surface area contributed by atoms with E-state index >= 15 is 0 Å². The standard InChI is InChI=1S/C48H45N/c1-30-23-32-25-31(2)48(35(24-30)26-32)44-16-10-8-14-40(44)42-28-37(20-22-45(42)48)49(36-18-17-33-11-5-6-12-34(33)27-36)38-19-21-41-39-13-7-9-15-43(39)47(3,4)46(41)29-38/h5-22,27-32,35H,23-26H2,1-4H3/t30-,31+,32-,35-,48?/m0/s1. The highest BCUT2D eigenvalue weighted by Crippen LogP contribution is 2.65. The van der Waals surface area contributed by atoms with Crippen molar-refractivity contribution in [3.63, 3.8) is 0 Å². The predicted molar refractivity (Wildman–Crippen MR) is 206 cm³/mol. The molecule has 0 heterocycles. The SMILES string of the molecule is C[C@H]1C[C@@H]2C[C@H](C1)C1(c3ccccc3-c3cc(N(c4ccc5c(c4)C(C)(C)c4ccccc4-5)c4ccc5ccccc5c4)ccc31)[C@H](C)C2. The zero-order chi connectivity index (χ0) is 33.1. The van der Waals surface area contributed by atoms with E-state index in [9.17, 15) is 0 Å². The van der Waals surface area contributed by atoms with Crippen LogP contribution in [0.1, 0.15) is 75.6 Å². The van der Waals surface area contributed by atoms with Crippen LogP contribution < -0.4 is 4.90 Å². The van der Waals surface area contributed by atoms with Gasteiger partial charge in [0.15, 0.2) is 0 Å². The minimum absolute atomic E-state index is 0.0631. The van der Waals surface area contributed by atoms with Gasteiger partial charge >= 0.3 is 0 Å². The largest absolute Gasteiger partial charge is 0.310 e. The Morgan fingerprint density at radius 3 is 1.94 bits per heavy atom. The molecule has 1 nitrogen and oxygen atoms in total. The Hall–Kier alpha value is -4.62. The molecule has 6 aromatic carbocycles. The van der Waals surface area contributed by atoms with Crippen molar-refractivity contribution in [1.82, 2.24) is 0 Å². The lowest BCUT2D eigenvalue weighted by Gasteiger charge is -2.54. The van der Waals surface area contributed by atoms with Crippen molar-refractivity contribution in [2.45, 2.75) is 64.2 Å². The molecule has 1 unspecified atom stereocenters. The van der Waals surface area contributed by atoms with Crippen LogP contribution >= 0.6 is 0 Å². The molecule has 10 rings (SSSR count). The highest BCUT2D eigenvalue weighted by Gasteiger charge is 2.56. The van der Waals surface area contributed by atoms with Crippen LogP contribution in [0.4, 0.5) is 17.1 Å². The monoisotopic (exact) mass is 635 g/mol. The Bertz CT molecular complexity index is 2290. The number of rotatable bonds is 3. The molecule has 4 aliphatic carbocycles. The van der Waals surface area contributed by atoms with Crippen LogP contribution in [-0.4, -0.2) is 0 Å². The number of nitrogens with zero attached hydrogens (tertiary/aromatic N) is 1. The van der Waals surface area contributed by atoms with Crippen molar-refractivity contribution < 1.29 is 0 Å². The molecule has 49 heavy (non-hydrogen) atoms. The zero-order valence-corrected chi connectivity index (χ0v) is 29.2. The second kappa shape index (κ2) is 10.4. The summed E-state index contributed by atoms with van der Waals surface area (Å²) in [6.45, 7) is 9.84. The molecule has 6 aromatic rings. The minimum atomic E-state index is -0.0631. The van der Waals surface area contributed by atoms with Crippen molar-refractivity contribution in [3.05, 3.63) is 150 Å². The number of fused-ring (bicyclic) bond motifs is 12. The summed E-state index contributed by atoms with van der Waals surface area (Å²) in [6.07, 6.45) is 5.47. The first kappa shape index (κ1) is 29.3. The molecule has 242 valence electrons. The summed E-state index contributed by atoms with van der Waals surface area (Å²) in [6, 6.07) is 48.8. The average Bonchev–Trinajstić information content (AvgIpc) is 3.53. The van der Waals surface area contributed by atoms with Gasteiger partial charge in [0, 0.05) is 27.9 Å². The lowest BCUT2D eigenvalue weighted by atomic mass is 9.49. The van der Waals surface area contributed by atoms with Gasteiger partial charge in [-0.2, -0.15) is 0 Å². The fourth-order valence-corrected chi connectivity index (χ4v) is 11.4. The normalized spacial score (nSPS) is 25.5. The number of hydrogen-bond acceptors (Lipinski definition) is 1. The number of benzene rings is 6. The van der Waals surface area contributed by atoms with Crippen molar-refractivity contribution in [3.8, 4) is 22.3 Å². The summed E-state index contributed by atoms with van der Waals surface area (Å²) in [5.74, 6) is 3.02. The maximum absolute atomic E-state index is 2.57. The molecule has 2 fully saturated rings. The van der Waals surface area contributed by atoms with Crippen LogP contribution in [-0.2, 0) is 10.8 Å². The van der Waals surface area contributed by atoms with Crippen molar-refractivity contribution >= 4 is 27.8 Å². The molecule has 0 amide bonds. The van der Waals surface area contributed by atoms with Crippen LogP contribution in [0.2, 0.25) is 0 Å². The first-order chi connectivity index (χ1) is 23.8. The minimum Gasteiger partial charge on any atom is -0.310 e. The lowest BCUT2D eigenvalue weighted by Crippen LogP contribution is -2.49. The molecule has 4 aliphatic rings. The van der Waals surface area contributed by atoms with E-state index in [0.29, 0.717) is 11.8 Å². The van der Waals surface area contributed by atoms with Gasteiger partial charge in [-0.1, -0.05) is 119 Å². The maximum Gasteiger partial charge on any atom is 0.0468 e. The van der Waals surface area contributed by atoms with E-state index in [1.807, 2.05) is 0 Å². The molecule has 2 saturated carbocycles. The van der Waals surface area contributed by atoms with Crippen molar-refractivity contribution in [2.75, 3.05) is 4.90 Å². The first-order valence-corrected chi connectivity index (χ1v) is 18.6. The fourth-order valence-electron chi connectivity index (χ4n) is 11.4. The van der Waals surface area contributed by atoms with Gasteiger partial charge in [-0.05, 0) is 141 Å². The molecule has 1 heteroatoms. The second-order valence-corrected chi connectivity index (χ2v) is 16.4. The smallest absolute Gasteiger partial charge is 0.0468 e. The zero-order valence-electron chi connectivity index (χ0n) is 29.2. The number of hydrogen-bond donors (Lipinski definition) is 0. The summed E-state index contributed by atoms with van der Waals surface area (Å²) in [7, 11) is 0. The van der Waals surface area contributed by atoms with E-state index < -0.39 is 0 Å². The topological polar surface area (TPSA) is 3.24 Å². The van der Waals surface area contributed by atoms with E-state index in [4.69, 9.17) is 0 Å². The van der Waals surface area contributed by atoms with Gasteiger partial charge in [0.25, 0.3) is 0 Å². The quantitative estimate of drug-likeness (QED) is 0.187. The Balaban J connectivity index is 1.18.